The van der Waals surface area contributed by atoms with Gasteiger partial charge in [0.1, 0.15) is 5.69 Å². The molecule has 1 aliphatic heterocycles. The summed E-state index contributed by atoms with van der Waals surface area (Å²) >= 11 is 0. The smallest absolute Gasteiger partial charge is 0.293 e. The van der Waals surface area contributed by atoms with E-state index in [1.165, 1.54) is 6.07 Å². The highest BCUT2D eigenvalue weighted by atomic mass is 16.6. The Kier molecular flexibility index (Phi) is 3.97. The molecule has 24 heavy (non-hydrogen) atoms. The number of nitrogens with zero attached hydrogens (tertiary/aromatic N) is 3. The molecule has 6 heteroatoms. The average molecular weight is 325 g/mol. The van der Waals surface area contributed by atoms with Gasteiger partial charge < -0.3 is 9.80 Å². The van der Waals surface area contributed by atoms with E-state index < -0.39 is 4.92 Å². The van der Waals surface area contributed by atoms with Gasteiger partial charge in [0, 0.05) is 37.5 Å². The number of fused-ring (bicyclic) bond motifs is 1. The number of carbonyl (C=O) groups excluding carboxylic acids is 1. The summed E-state index contributed by atoms with van der Waals surface area (Å²) in [4.78, 5) is 27.2. The van der Waals surface area contributed by atoms with Gasteiger partial charge in [0.2, 0.25) is 0 Å². The zero-order valence-corrected chi connectivity index (χ0v) is 13.9. The maximum Gasteiger partial charge on any atom is 0.293 e. The number of anilines is 2. The zero-order valence-electron chi connectivity index (χ0n) is 13.9. The molecule has 3 rings (SSSR count). The largest absolute Gasteiger partial charge is 0.372 e. The van der Waals surface area contributed by atoms with Crippen molar-refractivity contribution in [2.45, 2.75) is 19.4 Å². The average Bonchev–Trinajstić information content (AvgIpc) is 2.89. The SMILES string of the molecule is CC1Cc2ccccc2N1C(=O)c1ccc(N(C)C)c([N+](=O)[O-])c1. The quantitative estimate of drug-likeness (QED) is 0.642. The molecule has 124 valence electrons. The summed E-state index contributed by atoms with van der Waals surface area (Å²) in [6.45, 7) is 1.99. The molecule has 0 N–H and O–H groups in total. The van der Waals surface area contributed by atoms with Gasteiger partial charge in [-0.15, -0.1) is 0 Å². The first kappa shape index (κ1) is 16.0. The third-order valence-corrected chi connectivity index (χ3v) is 4.33. The Balaban J connectivity index is 2.02. The minimum atomic E-state index is -0.451. The molecule has 0 saturated heterocycles. The van der Waals surface area contributed by atoms with E-state index in [1.54, 1.807) is 36.0 Å². The van der Waals surface area contributed by atoms with Gasteiger partial charge in [-0.25, -0.2) is 0 Å². The first-order valence-electron chi connectivity index (χ1n) is 7.77. The van der Waals surface area contributed by atoms with Gasteiger partial charge >= 0.3 is 0 Å². The van der Waals surface area contributed by atoms with Crippen molar-refractivity contribution in [3.8, 4) is 0 Å². The summed E-state index contributed by atoms with van der Waals surface area (Å²) in [7, 11) is 3.48. The van der Waals surface area contributed by atoms with Crippen molar-refractivity contribution in [1.29, 1.82) is 0 Å². The number of amides is 1. The van der Waals surface area contributed by atoms with Crippen LogP contribution in [0.15, 0.2) is 42.5 Å². The third-order valence-electron chi connectivity index (χ3n) is 4.33. The Hall–Kier alpha value is -2.89. The van der Waals surface area contributed by atoms with Crippen LogP contribution in [0, 0.1) is 10.1 Å². The van der Waals surface area contributed by atoms with Gasteiger partial charge in [-0.3, -0.25) is 14.9 Å². The Morgan fingerprint density at radius 2 is 1.96 bits per heavy atom. The highest BCUT2D eigenvalue weighted by Crippen LogP contribution is 2.34. The van der Waals surface area contributed by atoms with Gasteiger partial charge in [0.15, 0.2) is 0 Å². The lowest BCUT2D eigenvalue weighted by molar-refractivity contribution is -0.384. The van der Waals surface area contributed by atoms with Crippen molar-refractivity contribution in [2.75, 3.05) is 23.9 Å². The molecule has 1 amide bonds. The molecule has 0 aromatic heterocycles. The summed E-state index contributed by atoms with van der Waals surface area (Å²) in [6.07, 6.45) is 0.791. The van der Waals surface area contributed by atoms with Crippen molar-refractivity contribution in [1.82, 2.24) is 0 Å². The van der Waals surface area contributed by atoms with Gasteiger partial charge in [0.25, 0.3) is 11.6 Å². The molecule has 2 aromatic carbocycles. The molecule has 0 radical (unpaired) electrons. The summed E-state index contributed by atoms with van der Waals surface area (Å²) in [5, 5.41) is 11.3. The predicted octanol–water partition coefficient (Wildman–Crippen LogP) is 3.25. The van der Waals surface area contributed by atoms with Gasteiger partial charge in [0.05, 0.1) is 4.92 Å². The molecule has 1 aliphatic rings. The number of para-hydroxylation sites is 1. The molecular weight excluding hydrogens is 306 g/mol. The second-order valence-corrected chi connectivity index (χ2v) is 6.21. The van der Waals surface area contributed by atoms with Crippen molar-refractivity contribution in [2.24, 2.45) is 0 Å². The van der Waals surface area contributed by atoms with Crippen molar-refractivity contribution >= 4 is 23.0 Å². The summed E-state index contributed by atoms with van der Waals surface area (Å²) < 4.78 is 0. The molecule has 2 aromatic rings. The van der Waals surface area contributed by atoms with Crippen LogP contribution in [-0.2, 0) is 6.42 Å². The normalized spacial score (nSPS) is 16.0. The molecule has 0 aliphatic carbocycles. The van der Waals surface area contributed by atoms with Crippen LogP contribution in [0.5, 0.6) is 0 Å². The van der Waals surface area contributed by atoms with Crippen LogP contribution in [0.3, 0.4) is 0 Å². The second kappa shape index (κ2) is 5.96. The second-order valence-electron chi connectivity index (χ2n) is 6.21. The minimum Gasteiger partial charge on any atom is -0.372 e. The molecule has 0 spiro atoms. The Bertz CT molecular complexity index is 817. The van der Waals surface area contributed by atoms with E-state index >= 15 is 0 Å². The van der Waals surface area contributed by atoms with E-state index in [0.717, 1.165) is 17.7 Å². The lowest BCUT2D eigenvalue weighted by Crippen LogP contribution is -2.35. The molecule has 0 bridgehead atoms. The van der Waals surface area contributed by atoms with Gasteiger partial charge in [-0.1, -0.05) is 18.2 Å². The fraction of sp³-hybridized carbons (Fsp3) is 0.278. The molecule has 1 heterocycles. The highest BCUT2D eigenvalue weighted by molar-refractivity contribution is 6.08. The lowest BCUT2D eigenvalue weighted by atomic mass is 10.1. The molecule has 0 saturated carbocycles. The molecule has 1 atom stereocenters. The van der Waals surface area contributed by atoms with Crippen molar-refractivity contribution in [3.63, 3.8) is 0 Å². The van der Waals surface area contributed by atoms with E-state index in [4.69, 9.17) is 0 Å². The van der Waals surface area contributed by atoms with E-state index in [1.807, 2.05) is 31.2 Å². The molecule has 6 nitrogen and oxygen atoms in total. The summed E-state index contributed by atoms with van der Waals surface area (Å²) in [6, 6.07) is 12.4. The van der Waals surface area contributed by atoms with E-state index in [9.17, 15) is 14.9 Å². The lowest BCUT2D eigenvalue weighted by Gasteiger charge is -2.23. The van der Waals surface area contributed by atoms with Gasteiger partial charge in [-0.2, -0.15) is 0 Å². The van der Waals surface area contributed by atoms with Crippen LogP contribution in [0.1, 0.15) is 22.8 Å². The number of carbonyl (C=O) groups is 1. The van der Waals surface area contributed by atoms with Crippen LogP contribution < -0.4 is 9.80 Å². The summed E-state index contributed by atoms with van der Waals surface area (Å²) in [5.74, 6) is -0.208. The van der Waals surface area contributed by atoms with E-state index in [2.05, 4.69) is 0 Å². The van der Waals surface area contributed by atoms with Crippen molar-refractivity contribution in [3.05, 3.63) is 63.7 Å². The van der Waals surface area contributed by atoms with Crippen LogP contribution in [-0.4, -0.2) is 31.0 Å². The Morgan fingerprint density at radius 3 is 2.62 bits per heavy atom. The van der Waals surface area contributed by atoms with Crippen LogP contribution in [0.4, 0.5) is 17.1 Å². The molecule has 0 fully saturated rings. The number of hydrogen-bond donors (Lipinski definition) is 0. The fourth-order valence-corrected chi connectivity index (χ4v) is 3.19. The fourth-order valence-electron chi connectivity index (χ4n) is 3.19. The topological polar surface area (TPSA) is 66.7 Å². The zero-order chi connectivity index (χ0) is 17.4. The van der Waals surface area contributed by atoms with Crippen LogP contribution in [0.25, 0.3) is 0 Å². The maximum absolute atomic E-state index is 13.0. The molecular formula is C18H19N3O3. The predicted molar refractivity (Wildman–Crippen MR) is 93.8 cm³/mol. The van der Waals surface area contributed by atoms with E-state index in [-0.39, 0.29) is 17.6 Å². The number of hydrogen-bond acceptors (Lipinski definition) is 4. The highest BCUT2D eigenvalue weighted by Gasteiger charge is 2.32. The number of rotatable bonds is 3. The van der Waals surface area contributed by atoms with E-state index in [0.29, 0.717) is 11.3 Å². The number of nitro benzene ring substituents is 1. The maximum atomic E-state index is 13.0. The molecule has 1 unspecified atom stereocenters. The monoisotopic (exact) mass is 325 g/mol. The number of nitro groups is 1. The Labute approximate surface area is 140 Å². The third kappa shape index (κ3) is 2.60. The first-order chi connectivity index (χ1) is 11.4. The standard InChI is InChI=1S/C18H19N3O3/c1-12-10-13-6-4-5-7-15(13)20(12)18(22)14-8-9-16(19(2)3)17(11-14)21(23)24/h4-9,11-12H,10H2,1-3H3. The van der Waals surface area contributed by atoms with Crippen LogP contribution >= 0.6 is 0 Å². The summed E-state index contributed by atoms with van der Waals surface area (Å²) in [5.41, 5.74) is 2.75. The van der Waals surface area contributed by atoms with Crippen LogP contribution in [0.2, 0.25) is 0 Å². The Morgan fingerprint density at radius 1 is 1.25 bits per heavy atom. The van der Waals surface area contributed by atoms with Crippen molar-refractivity contribution < 1.29 is 9.72 Å². The number of benzene rings is 2. The minimum absolute atomic E-state index is 0.0301. The first-order valence-corrected chi connectivity index (χ1v) is 7.77. The van der Waals surface area contributed by atoms with Gasteiger partial charge in [-0.05, 0) is 37.1 Å².